The molecule has 0 bridgehead atoms. The lowest BCUT2D eigenvalue weighted by molar-refractivity contribution is 0.144. The van der Waals surface area contributed by atoms with Crippen LogP contribution in [0.3, 0.4) is 0 Å². The van der Waals surface area contributed by atoms with Gasteiger partial charge in [0.1, 0.15) is 12.1 Å². The zero-order chi connectivity index (χ0) is 16.4. The van der Waals surface area contributed by atoms with Crippen molar-refractivity contribution in [3.8, 4) is 0 Å². The summed E-state index contributed by atoms with van der Waals surface area (Å²) in [7, 11) is 0. The molecule has 0 aromatic carbocycles. The Morgan fingerprint density at radius 2 is 2.25 bits per heavy atom. The Morgan fingerprint density at radius 3 is 3.04 bits per heavy atom. The summed E-state index contributed by atoms with van der Waals surface area (Å²) in [6.45, 7) is 2.13. The highest BCUT2D eigenvalue weighted by atomic mass is 16.3. The molecule has 2 fully saturated rings. The number of nitrogens with zero attached hydrogens (tertiary/aromatic N) is 4. The van der Waals surface area contributed by atoms with E-state index in [0.29, 0.717) is 6.54 Å². The first-order valence-electron chi connectivity index (χ1n) is 8.76. The number of hydrogen-bond acceptors (Lipinski definition) is 4. The van der Waals surface area contributed by atoms with Gasteiger partial charge in [0.05, 0.1) is 18.8 Å². The number of piperidine rings is 1. The van der Waals surface area contributed by atoms with Gasteiger partial charge in [0.25, 0.3) is 0 Å². The maximum absolute atomic E-state index is 12.7. The molecule has 7 heteroatoms. The van der Waals surface area contributed by atoms with Crippen LogP contribution in [0.5, 0.6) is 0 Å². The van der Waals surface area contributed by atoms with E-state index < -0.39 is 0 Å². The van der Waals surface area contributed by atoms with E-state index in [1.807, 2.05) is 17.0 Å². The summed E-state index contributed by atoms with van der Waals surface area (Å²) in [4.78, 5) is 14.6. The van der Waals surface area contributed by atoms with Crippen LogP contribution in [0.1, 0.15) is 49.7 Å². The smallest absolute Gasteiger partial charge is 0.318 e. The van der Waals surface area contributed by atoms with E-state index >= 15 is 0 Å². The Kier molecular flexibility index (Phi) is 4.23. The summed E-state index contributed by atoms with van der Waals surface area (Å²) in [6, 6.07) is 3.64. The minimum Gasteiger partial charge on any atom is -0.467 e. The molecule has 2 aromatic rings. The zero-order valence-electron chi connectivity index (χ0n) is 13.7. The van der Waals surface area contributed by atoms with Gasteiger partial charge >= 0.3 is 6.03 Å². The molecule has 1 aliphatic carbocycles. The first kappa shape index (κ1) is 15.2. The van der Waals surface area contributed by atoms with Crippen molar-refractivity contribution in [1.82, 2.24) is 25.0 Å². The van der Waals surface area contributed by atoms with Crippen molar-refractivity contribution >= 4 is 6.03 Å². The topological polar surface area (TPSA) is 76.2 Å². The maximum atomic E-state index is 12.7. The monoisotopic (exact) mass is 329 g/mol. The molecule has 1 saturated carbocycles. The van der Waals surface area contributed by atoms with E-state index in [1.165, 1.54) is 12.8 Å². The second kappa shape index (κ2) is 6.67. The van der Waals surface area contributed by atoms with E-state index in [-0.39, 0.29) is 12.1 Å². The fourth-order valence-corrected chi connectivity index (χ4v) is 3.36. The molecule has 4 rings (SSSR count). The fourth-order valence-electron chi connectivity index (χ4n) is 3.36. The minimum atomic E-state index is -0.0583. The molecule has 2 amide bonds. The molecule has 1 atom stereocenters. The van der Waals surface area contributed by atoms with E-state index in [9.17, 15) is 4.79 Å². The van der Waals surface area contributed by atoms with Gasteiger partial charge < -0.3 is 19.2 Å². The summed E-state index contributed by atoms with van der Waals surface area (Å²) in [5.41, 5.74) is 0. The number of nitrogens with one attached hydrogen (secondary N) is 1. The second-order valence-corrected chi connectivity index (χ2v) is 6.73. The van der Waals surface area contributed by atoms with Crippen LogP contribution < -0.4 is 5.32 Å². The Balaban J connectivity index is 1.46. The van der Waals surface area contributed by atoms with Gasteiger partial charge in [0.15, 0.2) is 5.82 Å². The van der Waals surface area contributed by atoms with Crippen molar-refractivity contribution in [2.24, 2.45) is 5.92 Å². The Hall–Kier alpha value is -2.31. The van der Waals surface area contributed by atoms with Gasteiger partial charge in [-0.1, -0.05) is 0 Å². The van der Waals surface area contributed by atoms with E-state index in [2.05, 4.69) is 20.1 Å². The molecule has 24 heavy (non-hydrogen) atoms. The highest BCUT2D eigenvalue weighted by Crippen LogP contribution is 2.34. The average molecular weight is 329 g/mol. The Bertz CT molecular complexity index is 677. The predicted molar refractivity (Wildman–Crippen MR) is 87.0 cm³/mol. The number of carbonyl (C=O) groups excluding carboxylic acids is 1. The second-order valence-electron chi connectivity index (χ2n) is 6.73. The van der Waals surface area contributed by atoms with Gasteiger partial charge in [-0.15, -0.1) is 10.2 Å². The highest BCUT2D eigenvalue weighted by Gasteiger charge is 2.32. The Morgan fingerprint density at radius 1 is 1.33 bits per heavy atom. The lowest BCUT2D eigenvalue weighted by Crippen LogP contribution is -2.45. The summed E-state index contributed by atoms with van der Waals surface area (Å²) in [6.07, 6.45) is 9.08. The number of carbonyl (C=O) groups is 1. The molecular weight excluding hydrogens is 306 g/mol. The zero-order valence-corrected chi connectivity index (χ0v) is 13.7. The van der Waals surface area contributed by atoms with Crippen LogP contribution in [0, 0.1) is 5.92 Å². The molecule has 1 N–H and O–H groups in total. The SMILES string of the molecule is O=C(NCc1ccco1)N1CCCC[C@H]1c1nncn1CC1CC1. The third kappa shape index (κ3) is 3.29. The van der Waals surface area contributed by atoms with Crippen molar-refractivity contribution in [2.75, 3.05) is 6.54 Å². The van der Waals surface area contributed by atoms with Crippen molar-refractivity contribution < 1.29 is 9.21 Å². The lowest BCUT2D eigenvalue weighted by atomic mass is 10.0. The quantitative estimate of drug-likeness (QED) is 0.915. The van der Waals surface area contributed by atoms with Crippen LogP contribution >= 0.6 is 0 Å². The van der Waals surface area contributed by atoms with Gasteiger partial charge in [-0.2, -0.15) is 0 Å². The Labute approximate surface area is 141 Å². The molecule has 0 unspecified atom stereocenters. The van der Waals surface area contributed by atoms with Crippen LogP contribution in [0.4, 0.5) is 4.79 Å². The number of aromatic nitrogens is 3. The first-order valence-corrected chi connectivity index (χ1v) is 8.76. The van der Waals surface area contributed by atoms with Crippen LogP contribution in [-0.2, 0) is 13.1 Å². The maximum Gasteiger partial charge on any atom is 0.318 e. The third-order valence-electron chi connectivity index (χ3n) is 4.85. The number of likely N-dealkylation sites (tertiary alicyclic amines) is 1. The van der Waals surface area contributed by atoms with Gasteiger partial charge in [-0.05, 0) is 50.2 Å². The molecule has 0 radical (unpaired) electrons. The van der Waals surface area contributed by atoms with E-state index in [4.69, 9.17) is 4.42 Å². The average Bonchev–Trinajstić information content (AvgIpc) is 3.09. The van der Waals surface area contributed by atoms with Crippen molar-refractivity contribution in [1.29, 1.82) is 0 Å². The van der Waals surface area contributed by atoms with E-state index in [0.717, 1.165) is 49.9 Å². The minimum absolute atomic E-state index is 0.0107. The molecule has 1 saturated heterocycles. The highest BCUT2D eigenvalue weighted by molar-refractivity contribution is 5.74. The lowest BCUT2D eigenvalue weighted by Gasteiger charge is -2.35. The molecule has 7 nitrogen and oxygen atoms in total. The van der Waals surface area contributed by atoms with Gasteiger partial charge in [-0.25, -0.2) is 4.79 Å². The van der Waals surface area contributed by atoms with Gasteiger partial charge in [0, 0.05) is 13.1 Å². The van der Waals surface area contributed by atoms with Crippen LogP contribution in [0.15, 0.2) is 29.1 Å². The molecule has 3 heterocycles. The molecule has 128 valence electrons. The summed E-state index contributed by atoms with van der Waals surface area (Å²) in [5.74, 6) is 2.44. The summed E-state index contributed by atoms with van der Waals surface area (Å²) >= 11 is 0. The molecule has 2 aromatic heterocycles. The van der Waals surface area contributed by atoms with Crippen LogP contribution in [-0.4, -0.2) is 32.2 Å². The number of amides is 2. The van der Waals surface area contributed by atoms with Crippen molar-refractivity contribution in [2.45, 2.75) is 51.2 Å². The standard InChI is InChI=1S/C17H23N5O2/c23-17(18-10-14-4-3-9-24-14)22-8-2-1-5-15(22)16-20-19-12-21(16)11-13-6-7-13/h3-4,9,12-13,15H,1-2,5-8,10-11H2,(H,18,23)/t15-/m0/s1. The molecule has 2 aliphatic rings. The normalized spacial score (nSPS) is 21.0. The predicted octanol–water partition coefficient (Wildman–Crippen LogP) is 2.72. The number of hydrogen-bond donors (Lipinski definition) is 1. The number of urea groups is 1. The van der Waals surface area contributed by atoms with Crippen molar-refractivity contribution in [3.05, 3.63) is 36.3 Å². The van der Waals surface area contributed by atoms with Gasteiger partial charge in [-0.3, -0.25) is 0 Å². The fraction of sp³-hybridized carbons (Fsp3) is 0.588. The largest absolute Gasteiger partial charge is 0.467 e. The van der Waals surface area contributed by atoms with Gasteiger partial charge in [0.2, 0.25) is 0 Å². The van der Waals surface area contributed by atoms with Crippen LogP contribution in [0.25, 0.3) is 0 Å². The van der Waals surface area contributed by atoms with Crippen LogP contribution in [0.2, 0.25) is 0 Å². The van der Waals surface area contributed by atoms with Crippen molar-refractivity contribution in [3.63, 3.8) is 0 Å². The first-order chi connectivity index (χ1) is 11.8. The third-order valence-corrected chi connectivity index (χ3v) is 4.85. The molecular formula is C17H23N5O2. The van der Waals surface area contributed by atoms with E-state index in [1.54, 1.807) is 12.6 Å². The summed E-state index contributed by atoms with van der Waals surface area (Å²) in [5, 5.41) is 11.4. The number of rotatable bonds is 5. The number of furan rings is 1. The molecule has 1 aliphatic heterocycles. The molecule has 0 spiro atoms. The summed E-state index contributed by atoms with van der Waals surface area (Å²) < 4.78 is 7.42.